The van der Waals surface area contributed by atoms with E-state index in [1.54, 1.807) is 6.26 Å². The summed E-state index contributed by atoms with van der Waals surface area (Å²) < 4.78 is 22.3. The second kappa shape index (κ2) is 6.07. The molecule has 2 N–H and O–H groups in total. The van der Waals surface area contributed by atoms with E-state index in [0.717, 1.165) is 11.3 Å². The van der Waals surface area contributed by atoms with Crippen LogP contribution in [0.15, 0.2) is 47.2 Å². The first-order valence-electron chi connectivity index (χ1n) is 3.99. The third-order valence-electron chi connectivity index (χ3n) is 1.51. The molecule has 5 nitrogen and oxygen atoms in total. The van der Waals surface area contributed by atoms with E-state index >= 15 is 0 Å². The van der Waals surface area contributed by atoms with Gasteiger partial charge < -0.3 is 9.08 Å². The molecule has 1 heterocycles. The van der Waals surface area contributed by atoms with Gasteiger partial charge >= 0.3 is 0 Å². The predicted molar refractivity (Wildman–Crippen MR) is 55.0 cm³/mol. The van der Waals surface area contributed by atoms with Gasteiger partial charge in [-0.05, 0) is 0 Å². The molecule has 0 bridgehead atoms. The highest BCUT2D eigenvalue weighted by molar-refractivity contribution is 7.76. The van der Waals surface area contributed by atoms with Crippen molar-refractivity contribution in [3.63, 3.8) is 0 Å². The molecule has 1 atom stereocenters. The van der Waals surface area contributed by atoms with Gasteiger partial charge in [-0.3, -0.25) is 9.35 Å². The van der Waals surface area contributed by atoms with Gasteiger partial charge in [-0.25, -0.2) is 0 Å². The Hall–Kier alpha value is -1.50. The van der Waals surface area contributed by atoms with Crippen LogP contribution in [-0.2, 0) is 11.3 Å². The van der Waals surface area contributed by atoms with Crippen LogP contribution in [0.5, 0.6) is 0 Å². The largest absolute Gasteiger partial charge is 0.760 e. The SMILES string of the molecule is NS(=O)[O-].c1ccc(-c2ccon2)cc1. The van der Waals surface area contributed by atoms with Crippen LogP contribution >= 0.6 is 0 Å². The first kappa shape index (κ1) is 11.6. The molecule has 0 saturated heterocycles. The van der Waals surface area contributed by atoms with Crippen molar-refractivity contribution in [3.8, 4) is 11.3 Å². The molecule has 0 amide bonds. The van der Waals surface area contributed by atoms with Crippen molar-refractivity contribution < 1.29 is 13.3 Å². The quantitative estimate of drug-likeness (QED) is 0.735. The van der Waals surface area contributed by atoms with Gasteiger partial charge in [0.05, 0.1) is 0 Å². The number of nitrogens with two attached hydrogens (primary N) is 1. The zero-order chi connectivity index (χ0) is 11.1. The molecule has 0 aliphatic heterocycles. The maximum Gasteiger partial charge on any atom is 0.124 e. The Morgan fingerprint density at radius 3 is 2.33 bits per heavy atom. The number of aromatic nitrogens is 1. The van der Waals surface area contributed by atoms with Crippen molar-refractivity contribution in [1.82, 2.24) is 5.16 Å². The second-order valence-electron chi connectivity index (χ2n) is 2.51. The zero-order valence-electron chi connectivity index (χ0n) is 7.70. The summed E-state index contributed by atoms with van der Waals surface area (Å²) in [6, 6.07) is 11.8. The number of nitrogens with zero attached hydrogens (tertiary/aromatic N) is 1. The molecule has 2 rings (SSSR count). The summed E-state index contributed by atoms with van der Waals surface area (Å²) in [7, 11) is 0. The molecule has 0 saturated carbocycles. The Balaban J connectivity index is 0.000000245. The predicted octanol–water partition coefficient (Wildman–Crippen LogP) is 1.08. The van der Waals surface area contributed by atoms with Gasteiger partial charge in [-0.2, -0.15) is 0 Å². The lowest BCUT2D eigenvalue weighted by Crippen LogP contribution is -1.97. The summed E-state index contributed by atoms with van der Waals surface area (Å²) in [5.41, 5.74) is 1.96. The lowest BCUT2D eigenvalue weighted by Gasteiger charge is -1.90. The molecular formula is C9H9N2O3S-. The average Bonchev–Trinajstić information content (AvgIpc) is 2.71. The number of benzene rings is 1. The highest BCUT2D eigenvalue weighted by Gasteiger charge is 1.96. The smallest absolute Gasteiger partial charge is 0.124 e. The van der Waals surface area contributed by atoms with Gasteiger partial charge in [0.1, 0.15) is 12.0 Å². The maximum absolute atomic E-state index is 8.78. The van der Waals surface area contributed by atoms with Crippen LogP contribution in [0.2, 0.25) is 0 Å². The molecule has 0 fully saturated rings. The standard InChI is InChI=1S/C9H7NO.H3NO2S/c1-2-4-8(5-3-1)9-6-7-11-10-9;1-4(2)3/h1-7H;1H2,(H,2,3)/p-1. The summed E-state index contributed by atoms with van der Waals surface area (Å²) >= 11 is -2.36. The summed E-state index contributed by atoms with van der Waals surface area (Å²) in [4.78, 5) is 0. The fraction of sp³-hybridized carbons (Fsp3) is 0. The van der Waals surface area contributed by atoms with E-state index in [4.69, 9.17) is 13.3 Å². The monoisotopic (exact) mass is 225 g/mol. The topological polar surface area (TPSA) is 92.2 Å². The lowest BCUT2D eigenvalue weighted by molar-refractivity contribution is 0.422. The number of hydrogen-bond acceptors (Lipinski definition) is 4. The van der Waals surface area contributed by atoms with Crippen molar-refractivity contribution >= 4 is 11.3 Å². The molecule has 1 aromatic heterocycles. The van der Waals surface area contributed by atoms with E-state index in [1.165, 1.54) is 0 Å². The van der Waals surface area contributed by atoms with Gasteiger partial charge in [-0.1, -0.05) is 35.5 Å². The normalized spacial score (nSPS) is 11.3. The highest BCUT2D eigenvalue weighted by Crippen LogP contribution is 2.14. The average molecular weight is 225 g/mol. The third kappa shape index (κ3) is 4.50. The minimum Gasteiger partial charge on any atom is -0.760 e. The molecule has 15 heavy (non-hydrogen) atoms. The molecule has 0 aliphatic carbocycles. The fourth-order valence-electron chi connectivity index (χ4n) is 0.970. The molecule has 1 unspecified atom stereocenters. The van der Waals surface area contributed by atoms with E-state index in [-0.39, 0.29) is 0 Å². The molecule has 0 radical (unpaired) electrons. The fourth-order valence-corrected chi connectivity index (χ4v) is 0.970. The molecule has 0 spiro atoms. The van der Waals surface area contributed by atoms with Crippen LogP contribution in [0.1, 0.15) is 0 Å². The maximum atomic E-state index is 8.78. The Bertz CT molecular complexity index is 399. The van der Waals surface area contributed by atoms with Gasteiger partial charge in [0.2, 0.25) is 0 Å². The molecule has 1 aromatic carbocycles. The van der Waals surface area contributed by atoms with Crippen molar-refractivity contribution in [2.24, 2.45) is 5.14 Å². The van der Waals surface area contributed by atoms with Crippen molar-refractivity contribution in [1.29, 1.82) is 0 Å². The van der Waals surface area contributed by atoms with E-state index < -0.39 is 11.3 Å². The minimum absolute atomic E-state index is 0.880. The van der Waals surface area contributed by atoms with Crippen molar-refractivity contribution in [2.45, 2.75) is 0 Å². The van der Waals surface area contributed by atoms with Crippen LogP contribution in [0.3, 0.4) is 0 Å². The van der Waals surface area contributed by atoms with Crippen molar-refractivity contribution in [3.05, 3.63) is 42.7 Å². The minimum atomic E-state index is -2.36. The first-order valence-corrected chi connectivity index (χ1v) is 5.13. The first-order chi connectivity index (χ1) is 7.20. The molecule has 2 aromatic rings. The van der Waals surface area contributed by atoms with E-state index in [0.29, 0.717) is 0 Å². The van der Waals surface area contributed by atoms with Gasteiger partial charge in [0.15, 0.2) is 0 Å². The van der Waals surface area contributed by atoms with Gasteiger partial charge in [0.25, 0.3) is 0 Å². The van der Waals surface area contributed by atoms with E-state index in [9.17, 15) is 0 Å². The molecule has 6 heteroatoms. The Morgan fingerprint density at radius 2 is 1.87 bits per heavy atom. The van der Waals surface area contributed by atoms with Crippen LogP contribution in [0.25, 0.3) is 11.3 Å². The van der Waals surface area contributed by atoms with Crippen LogP contribution in [0, 0.1) is 0 Å². The Labute approximate surface area is 89.3 Å². The highest BCUT2D eigenvalue weighted by atomic mass is 32.2. The van der Waals surface area contributed by atoms with Crippen LogP contribution in [-0.4, -0.2) is 13.9 Å². The molecule has 80 valence electrons. The molecule has 0 aliphatic rings. The summed E-state index contributed by atoms with van der Waals surface area (Å²) in [6.07, 6.45) is 1.57. The Kier molecular flexibility index (Phi) is 4.69. The van der Waals surface area contributed by atoms with Gasteiger partial charge in [-0.15, -0.1) is 0 Å². The second-order valence-corrected chi connectivity index (χ2v) is 3.03. The van der Waals surface area contributed by atoms with Crippen LogP contribution < -0.4 is 5.14 Å². The zero-order valence-corrected chi connectivity index (χ0v) is 8.52. The molecular weight excluding hydrogens is 216 g/mol. The summed E-state index contributed by atoms with van der Waals surface area (Å²) in [5.74, 6) is 0. The Morgan fingerprint density at radius 1 is 1.27 bits per heavy atom. The number of hydrogen-bond donors (Lipinski definition) is 1. The van der Waals surface area contributed by atoms with E-state index in [1.807, 2.05) is 36.4 Å². The summed E-state index contributed by atoms with van der Waals surface area (Å²) in [6.45, 7) is 0. The van der Waals surface area contributed by atoms with E-state index in [2.05, 4.69) is 10.3 Å². The summed E-state index contributed by atoms with van der Waals surface area (Å²) in [5, 5.41) is 7.84. The van der Waals surface area contributed by atoms with Crippen molar-refractivity contribution in [2.75, 3.05) is 0 Å². The van der Waals surface area contributed by atoms with Crippen LogP contribution in [0.4, 0.5) is 0 Å². The number of rotatable bonds is 1. The lowest BCUT2D eigenvalue weighted by atomic mass is 10.2. The third-order valence-corrected chi connectivity index (χ3v) is 1.51. The van der Waals surface area contributed by atoms with Gasteiger partial charge in [0, 0.05) is 22.9 Å².